The average molecular weight is 137 g/mol. The minimum Gasteiger partial charge on any atom is -0.191 e. The van der Waals surface area contributed by atoms with Crippen LogP contribution in [0.15, 0.2) is 30.6 Å². The van der Waals surface area contributed by atoms with Gasteiger partial charge in [0, 0.05) is 12.1 Å². The third-order valence-electron chi connectivity index (χ3n) is 1.12. The highest BCUT2D eigenvalue weighted by molar-refractivity contribution is 4.84. The Bertz CT molecular complexity index is 182. The topological polar surface area (TPSA) is 15.9 Å². The van der Waals surface area contributed by atoms with E-state index in [0.717, 1.165) is 0 Å². The van der Waals surface area contributed by atoms with Crippen LogP contribution < -0.4 is 10.1 Å². The van der Waals surface area contributed by atoms with Crippen LogP contribution in [-0.2, 0) is 0 Å². The first-order chi connectivity index (χ1) is 4.79. The summed E-state index contributed by atoms with van der Waals surface area (Å²) in [5.74, 6) is 0. The molecule has 1 aromatic heterocycles. The van der Waals surface area contributed by atoms with Crippen LogP contribution in [0.5, 0.6) is 0 Å². The van der Waals surface area contributed by atoms with Crippen molar-refractivity contribution in [1.29, 1.82) is 0 Å². The van der Waals surface area contributed by atoms with E-state index in [0.29, 0.717) is 6.04 Å². The lowest BCUT2D eigenvalue weighted by Gasteiger charge is -2.01. The zero-order valence-electron chi connectivity index (χ0n) is 6.41. The molecule has 2 nitrogen and oxygen atoms in total. The Balaban J connectivity index is 2.59. The summed E-state index contributed by atoms with van der Waals surface area (Å²) in [6.45, 7) is 4.22. The van der Waals surface area contributed by atoms with Crippen LogP contribution in [0, 0.1) is 0 Å². The van der Waals surface area contributed by atoms with Crippen molar-refractivity contribution in [2.45, 2.75) is 19.9 Å². The van der Waals surface area contributed by atoms with Gasteiger partial charge in [0.2, 0.25) is 0 Å². The van der Waals surface area contributed by atoms with Crippen LogP contribution in [0.3, 0.4) is 0 Å². The maximum absolute atomic E-state index is 3.22. The molecule has 0 aliphatic heterocycles. The smallest absolute Gasteiger partial charge is 0.191 e. The van der Waals surface area contributed by atoms with Crippen LogP contribution in [-0.4, -0.2) is 6.04 Å². The van der Waals surface area contributed by atoms with E-state index in [1.54, 1.807) is 0 Å². The second kappa shape index (κ2) is 3.20. The molecule has 0 aliphatic carbocycles. The molecule has 0 saturated carbocycles. The fourth-order valence-electron chi connectivity index (χ4n) is 0.783. The Morgan fingerprint density at radius 2 is 1.70 bits per heavy atom. The van der Waals surface area contributed by atoms with Crippen molar-refractivity contribution in [2.75, 3.05) is 5.43 Å². The minimum atomic E-state index is 0.479. The first-order valence-corrected chi connectivity index (χ1v) is 3.52. The van der Waals surface area contributed by atoms with Crippen molar-refractivity contribution in [3.05, 3.63) is 30.6 Å². The third-order valence-corrected chi connectivity index (χ3v) is 1.12. The van der Waals surface area contributed by atoms with Gasteiger partial charge in [0.25, 0.3) is 0 Å². The summed E-state index contributed by atoms with van der Waals surface area (Å²) in [6.07, 6.45) is 3.97. The van der Waals surface area contributed by atoms with Gasteiger partial charge in [-0.05, 0) is 13.8 Å². The monoisotopic (exact) mass is 137 g/mol. The number of nitrogens with one attached hydrogen (secondary N) is 1. The number of hydrogen-bond acceptors (Lipinski definition) is 1. The molecule has 2 heteroatoms. The van der Waals surface area contributed by atoms with Gasteiger partial charge in [-0.15, -0.1) is 0 Å². The van der Waals surface area contributed by atoms with Crippen molar-refractivity contribution in [3.8, 4) is 0 Å². The molecule has 0 radical (unpaired) electrons. The Hall–Kier alpha value is -1.05. The Kier molecular flexibility index (Phi) is 2.26. The minimum absolute atomic E-state index is 0.479. The van der Waals surface area contributed by atoms with E-state index >= 15 is 0 Å². The summed E-state index contributed by atoms with van der Waals surface area (Å²) in [7, 11) is 0. The lowest BCUT2D eigenvalue weighted by molar-refractivity contribution is -0.652. The number of rotatable bonds is 2. The maximum Gasteiger partial charge on any atom is 0.199 e. The fraction of sp³-hybridized carbons (Fsp3) is 0.375. The Morgan fingerprint density at radius 3 is 2.20 bits per heavy atom. The lowest BCUT2D eigenvalue weighted by atomic mass is 10.4. The van der Waals surface area contributed by atoms with E-state index in [-0.39, 0.29) is 0 Å². The van der Waals surface area contributed by atoms with Crippen molar-refractivity contribution in [1.82, 2.24) is 0 Å². The zero-order chi connectivity index (χ0) is 7.40. The highest BCUT2D eigenvalue weighted by Gasteiger charge is 1.97. The Labute approximate surface area is 61.5 Å². The highest BCUT2D eigenvalue weighted by Crippen LogP contribution is 1.77. The first-order valence-electron chi connectivity index (χ1n) is 3.52. The lowest BCUT2D eigenvalue weighted by Crippen LogP contribution is -2.47. The summed E-state index contributed by atoms with van der Waals surface area (Å²) in [5.41, 5.74) is 3.22. The van der Waals surface area contributed by atoms with E-state index < -0.39 is 0 Å². The van der Waals surface area contributed by atoms with E-state index in [9.17, 15) is 0 Å². The van der Waals surface area contributed by atoms with Gasteiger partial charge in [-0.3, -0.25) is 0 Å². The van der Waals surface area contributed by atoms with Crippen molar-refractivity contribution in [2.24, 2.45) is 0 Å². The van der Waals surface area contributed by atoms with Gasteiger partial charge in [-0.2, -0.15) is 5.43 Å². The van der Waals surface area contributed by atoms with Gasteiger partial charge >= 0.3 is 0 Å². The highest BCUT2D eigenvalue weighted by atomic mass is 15.4. The quantitative estimate of drug-likeness (QED) is 0.599. The molecule has 0 aromatic carbocycles. The van der Waals surface area contributed by atoms with Crippen LogP contribution in [0.1, 0.15) is 13.8 Å². The second-order valence-corrected chi connectivity index (χ2v) is 2.57. The van der Waals surface area contributed by atoms with Crippen molar-refractivity contribution >= 4 is 0 Å². The largest absolute Gasteiger partial charge is 0.199 e. The maximum atomic E-state index is 3.22. The van der Waals surface area contributed by atoms with Crippen molar-refractivity contribution < 1.29 is 4.68 Å². The molecule has 1 rings (SSSR count). The van der Waals surface area contributed by atoms with Gasteiger partial charge in [-0.25, -0.2) is 0 Å². The molecule has 0 atom stereocenters. The summed E-state index contributed by atoms with van der Waals surface area (Å²) in [6, 6.07) is 6.47. The number of pyridine rings is 1. The summed E-state index contributed by atoms with van der Waals surface area (Å²) >= 11 is 0. The van der Waals surface area contributed by atoms with E-state index in [1.165, 1.54) is 0 Å². The van der Waals surface area contributed by atoms with E-state index in [4.69, 9.17) is 0 Å². The van der Waals surface area contributed by atoms with Gasteiger partial charge in [0.15, 0.2) is 12.4 Å². The van der Waals surface area contributed by atoms with E-state index in [1.807, 2.05) is 35.3 Å². The van der Waals surface area contributed by atoms with Crippen LogP contribution in [0.4, 0.5) is 0 Å². The summed E-state index contributed by atoms with van der Waals surface area (Å²) < 4.78 is 1.95. The van der Waals surface area contributed by atoms with E-state index in [2.05, 4.69) is 19.3 Å². The standard InChI is InChI=1S/C8H13N2/c1-8(2)9-10-6-4-3-5-7-10/h3-9H,1-2H3/q+1. The second-order valence-electron chi connectivity index (χ2n) is 2.57. The van der Waals surface area contributed by atoms with Crippen molar-refractivity contribution in [3.63, 3.8) is 0 Å². The molecule has 1 aromatic rings. The summed E-state index contributed by atoms with van der Waals surface area (Å²) in [5, 5.41) is 0. The molecule has 1 heterocycles. The average Bonchev–Trinajstić information content (AvgIpc) is 1.88. The van der Waals surface area contributed by atoms with Crippen LogP contribution in [0.25, 0.3) is 0 Å². The molecule has 0 spiro atoms. The molecule has 0 fully saturated rings. The molecule has 1 N–H and O–H groups in total. The molecule has 0 unspecified atom stereocenters. The van der Waals surface area contributed by atoms with Crippen LogP contribution in [0.2, 0.25) is 0 Å². The van der Waals surface area contributed by atoms with Gasteiger partial charge in [-0.1, -0.05) is 10.7 Å². The molecule has 0 saturated heterocycles. The summed E-state index contributed by atoms with van der Waals surface area (Å²) in [4.78, 5) is 0. The molecule has 0 bridgehead atoms. The van der Waals surface area contributed by atoms with Gasteiger partial charge in [0.1, 0.15) is 0 Å². The van der Waals surface area contributed by atoms with Gasteiger partial charge < -0.3 is 0 Å². The fourth-order valence-corrected chi connectivity index (χ4v) is 0.783. The predicted octanol–water partition coefficient (Wildman–Crippen LogP) is 0.926. The SMILES string of the molecule is CC(C)N[n+]1ccccc1. The predicted molar refractivity (Wildman–Crippen MR) is 41.1 cm³/mol. The number of hydrogen-bond donors (Lipinski definition) is 1. The van der Waals surface area contributed by atoms with Gasteiger partial charge in [0.05, 0.1) is 6.04 Å². The Morgan fingerprint density at radius 1 is 1.10 bits per heavy atom. The third kappa shape index (κ3) is 2.05. The normalized spacial score (nSPS) is 9.90. The molecular formula is C8H13N2+. The number of aromatic nitrogens is 1. The zero-order valence-corrected chi connectivity index (χ0v) is 6.41. The molecule has 0 amide bonds. The number of nitrogens with zero attached hydrogens (tertiary/aromatic N) is 1. The molecule has 54 valence electrons. The molecule has 0 aliphatic rings. The first kappa shape index (κ1) is 7.06. The molecule has 10 heavy (non-hydrogen) atoms. The van der Waals surface area contributed by atoms with Crippen LogP contribution >= 0.6 is 0 Å². The molecular weight excluding hydrogens is 124 g/mol.